The van der Waals surface area contributed by atoms with E-state index >= 15 is 0 Å². The maximum atomic E-state index is 12.0. The van der Waals surface area contributed by atoms with Crippen molar-refractivity contribution in [2.24, 2.45) is 0 Å². The molecule has 0 radical (unpaired) electrons. The lowest BCUT2D eigenvalue weighted by molar-refractivity contribution is -0.274. The second-order valence-electron chi connectivity index (χ2n) is 5.12. The van der Waals surface area contributed by atoms with Crippen LogP contribution in [0.15, 0.2) is 24.3 Å². The Morgan fingerprint density at radius 1 is 0.905 bits per heavy atom. The molecule has 120 valence electrons. The minimum Gasteiger partial charge on any atom is -0.406 e. The molecular formula is C16H24F3NO. The second-order valence-corrected chi connectivity index (χ2v) is 5.12. The first kappa shape index (κ1) is 17.7. The Morgan fingerprint density at radius 3 is 2.05 bits per heavy atom. The topological polar surface area (TPSA) is 21.3 Å². The Labute approximate surface area is 124 Å². The molecule has 1 rings (SSSR count). The standard InChI is InChI=1S/C16H24F3NO/c1-2-3-4-5-6-7-8-13-20-14-9-11-15(12-10-14)21-16(17,18)19/h9-12,20H,2-8,13H2,1H3. The number of hydrogen-bond donors (Lipinski definition) is 1. The van der Waals surface area contributed by atoms with Crippen LogP contribution in [0.2, 0.25) is 0 Å². The van der Waals surface area contributed by atoms with Gasteiger partial charge in [-0.15, -0.1) is 13.2 Å². The lowest BCUT2D eigenvalue weighted by atomic mass is 10.1. The number of anilines is 1. The van der Waals surface area contributed by atoms with Crippen molar-refractivity contribution in [3.05, 3.63) is 24.3 Å². The number of alkyl halides is 3. The molecular weight excluding hydrogens is 279 g/mol. The van der Waals surface area contributed by atoms with E-state index < -0.39 is 6.36 Å². The van der Waals surface area contributed by atoms with Gasteiger partial charge in [0.25, 0.3) is 0 Å². The van der Waals surface area contributed by atoms with E-state index in [1.54, 1.807) is 12.1 Å². The van der Waals surface area contributed by atoms with Crippen molar-refractivity contribution in [1.82, 2.24) is 0 Å². The van der Waals surface area contributed by atoms with Gasteiger partial charge in [-0.3, -0.25) is 0 Å². The van der Waals surface area contributed by atoms with E-state index in [9.17, 15) is 13.2 Å². The largest absolute Gasteiger partial charge is 0.573 e. The Morgan fingerprint density at radius 2 is 1.48 bits per heavy atom. The molecule has 0 aliphatic heterocycles. The fraction of sp³-hybridized carbons (Fsp3) is 0.625. The first-order chi connectivity index (χ1) is 10.0. The lowest BCUT2D eigenvalue weighted by Gasteiger charge is -2.10. The number of unbranched alkanes of at least 4 members (excludes halogenated alkanes) is 6. The highest BCUT2D eigenvalue weighted by Gasteiger charge is 2.30. The molecule has 0 amide bonds. The number of halogens is 3. The van der Waals surface area contributed by atoms with E-state index in [4.69, 9.17) is 0 Å². The molecule has 0 atom stereocenters. The van der Waals surface area contributed by atoms with Crippen LogP contribution in [0.3, 0.4) is 0 Å². The number of rotatable bonds is 10. The van der Waals surface area contributed by atoms with Crippen LogP contribution in [-0.4, -0.2) is 12.9 Å². The first-order valence-corrected chi connectivity index (χ1v) is 7.61. The van der Waals surface area contributed by atoms with Crippen LogP contribution in [0.5, 0.6) is 5.75 Å². The molecule has 0 fully saturated rings. The molecule has 5 heteroatoms. The van der Waals surface area contributed by atoms with Crippen molar-refractivity contribution < 1.29 is 17.9 Å². The molecule has 0 spiro atoms. The normalized spacial score (nSPS) is 11.4. The fourth-order valence-corrected chi connectivity index (χ4v) is 2.09. The van der Waals surface area contributed by atoms with Crippen molar-refractivity contribution in [2.45, 2.75) is 58.2 Å². The molecule has 0 unspecified atom stereocenters. The van der Waals surface area contributed by atoms with Crippen LogP contribution < -0.4 is 10.1 Å². The maximum absolute atomic E-state index is 12.0. The zero-order chi connectivity index (χ0) is 15.6. The van der Waals surface area contributed by atoms with Crippen molar-refractivity contribution in [3.63, 3.8) is 0 Å². The van der Waals surface area contributed by atoms with Gasteiger partial charge in [-0.25, -0.2) is 0 Å². The summed E-state index contributed by atoms with van der Waals surface area (Å²) in [6.45, 7) is 3.04. The van der Waals surface area contributed by atoms with Crippen molar-refractivity contribution >= 4 is 5.69 Å². The quantitative estimate of drug-likeness (QED) is 0.556. The van der Waals surface area contributed by atoms with Crippen molar-refractivity contribution in [1.29, 1.82) is 0 Å². The summed E-state index contributed by atoms with van der Waals surface area (Å²) in [6, 6.07) is 5.84. The molecule has 0 aromatic heterocycles. The molecule has 0 saturated carbocycles. The van der Waals surface area contributed by atoms with E-state index in [0.29, 0.717) is 0 Å². The SMILES string of the molecule is CCCCCCCCCNc1ccc(OC(F)(F)F)cc1. The van der Waals surface area contributed by atoms with E-state index in [-0.39, 0.29) is 5.75 Å². The smallest absolute Gasteiger partial charge is 0.406 e. The average molecular weight is 303 g/mol. The number of nitrogens with one attached hydrogen (secondary N) is 1. The highest BCUT2D eigenvalue weighted by molar-refractivity contribution is 5.46. The van der Waals surface area contributed by atoms with E-state index in [2.05, 4.69) is 17.0 Å². The van der Waals surface area contributed by atoms with Crippen LogP contribution >= 0.6 is 0 Å². The zero-order valence-corrected chi connectivity index (χ0v) is 12.5. The van der Waals surface area contributed by atoms with Crippen LogP contribution in [-0.2, 0) is 0 Å². The number of hydrogen-bond acceptors (Lipinski definition) is 2. The second kappa shape index (κ2) is 9.53. The van der Waals surface area contributed by atoms with Crippen molar-refractivity contribution in [3.8, 4) is 5.75 Å². The van der Waals surface area contributed by atoms with Gasteiger partial charge >= 0.3 is 6.36 Å². The lowest BCUT2D eigenvalue weighted by Crippen LogP contribution is -2.17. The van der Waals surface area contributed by atoms with Crippen LogP contribution in [0.4, 0.5) is 18.9 Å². The van der Waals surface area contributed by atoms with Gasteiger partial charge in [-0.1, -0.05) is 45.4 Å². The Balaban J connectivity index is 2.13. The molecule has 21 heavy (non-hydrogen) atoms. The first-order valence-electron chi connectivity index (χ1n) is 7.61. The molecule has 0 aliphatic carbocycles. The highest BCUT2D eigenvalue weighted by atomic mass is 19.4. The molecule has 1 N–H and O–H groups in total. The van der Waals surface area contributed by atoms with Gasteiger partial charge in [0.1, 0.15) is 5.75 Å². The third-order valence-corrected chi connectivity index (χ3v) is 3.20. The monoisotopic (exact) mass is 303 g/mol. The highest BCUT2D eigenvalue weighted by Crippen LogP contribution is 2.23. The Bertz CT molecular complexity index is 376. The van der Waals surface area contributed by atoms with E-state index in [1.165, 1.54) is 50.7 Å². The van der Waals surface area contributed by atoms with Gasteiger partial charge in [-0.2, -0.15) is 0 Å². The summed E-state index contributed by atoms with van der Waals surface area (Å²) in [4.78, 5) is 0. The summed E-state index contributed by atoms with van der Waals surface area (Å²) in [5.74, 6) is -0.191. The fourth-order valence-electron chi connectivity index (χ4n) is 2.09. The summed E-state index contributed by atoms with van der Waals surface area (Å²) in [5.41, 5.74) is 0.815. The van der Waals surface area contributed by atoms with E-state index in [0.717, 1.165) is 18.7 Å². The molecule has 1 aromatic carbocycles. The molecule has 0 heterocycles. The summed E-state index contributed by atoms with van der Waals surface area (Å²) in [6.07, 6.45) is 4.05. The summed E-state index contributed by atoms with van der Waals surface area (Å²) in [5, 5.41) is 3.20. The average Bonchev–Trinajstić information content (AvgIpc) is 2.42. The summed E-state index contributed by atoms with van der Waals surface area (Å²) >= 11 is 0. The molecule has 0 bridgehead atoms. The Hall–Kier alpha value is -1.39. The van der Waals surface area contributed by atoms with Gasteiger partial charge < -0.3 is 10.1 Å². The van der Waals surface area contributed by atoms with Gasteiger partial charge in [0.2, 0.25) is 0 Å². The van der Waals surface area contributed by atoms with Crippen LogP contribution in [0.25, 0.3) is 0 Å². The van der Waals surface area contributed by atoms with Crippen molar-refractivity contribution in [2.75, 3.05) is 11.9 Å². The minimum absolute atomic E-state index is 0.191. The van der Waals surface area contributed by atoms with Gasteiger partial charge in [-0.05, 0) is 30.7 Å². The summed E-state index contributed by atoms with van der Waals surface area (Å²) in [7, 11) is 0. The minimum atomic E-state index is -4.63. The number of benzene rings is 1. The van der Waals surface area contributed by atoms with Gasteiger partial charge in [0.15, 0.2) is 0 Å². The zero-order valence-electron chi connectivity index (χ0n) is 12.5. The van der Waals surface area contributed by atoms with Crippen LogP contribution in [0.1, 0.15) is 51.9 Å². The predicted octanol–water partition coefficient (Wildman–Crippen LogP) is 5.75. The number of ether oxygens (including phenoxy) is 1. The third kappa shape index (κ3) is 9.21. The predicted molar refractivity (Wildman–Crippen MR) is 79.6 cm³/mol. The molecule has 0 aliphatic rings. The van der Waals surface area contributed by atoms with Gasteiger partial charge in [0.05, 0.1) is 0 Å². The molecule has 0 saturated heterocycles. The molecule has 1 aromatic rings. The Kier molecular flexibility index (Phi) is 8.01. The molecule has 2 nitrogen and oxygen atoms in total. The van der Waals surface area contributed by atoms with E-state index in [1.807, 2.05) is 0 Å². The maximum Gasteiger partial charge on any atom is 0.573 e. The third-order valence-electron chi connectivity index (χ3n) is 3.20. The van der Waals surface area contributed by atoms with Gasteiger partial charge in [0, 0.05) is 12.2 Å². The van der Waals surface area contributed by atoms with Crippen LogP contribution in [0, 0.1) is 0 Å². The summed E-state index contributed by atoms with van der Waals surface area (Å²) < 4.78 is 39.8.